The summed E-state index contributed by atoms with van der Waals surface area (Å²) >= 11 is 7.47. The van der Waals surface area contributed by atoms with E-state index < -0.39 is 0 Å². The zero-order chi connectivity index (χ0) is 19.8. The van der Waals surface area contributed by atoms with Crippen molar-refractivity contribution >= 4 is 45.0 Å². The predicted octanol–water partition coefficient (Wildman–Crippen LogP) is 4.74. The number of carbonyl (C=O) groups excluding carboxylic acids is 1. The van der Waals surface area contributed by atoms with Gasteiger partial charge in [0, 0.05) is 17.0 Å². The van der Waals surface area contributed by atoms with E-state index >= 15 is 0 Å². The van der Waals surface area contributed by atoms with E-state index in [0.29, 0.717) is 26.4 Å². The van der Waals surface area contributed by atoms with E-state index in [0.717, 1.165) is 16.6 Å². The SMILES string of the molecule is Cc1nc2c(cnn2C(C)C)cc1C(=O)Nc1nnc(-c2ccccc2Cl)s1. The fourth-order valence-corrected chi connectivity index (χ4v) is 3.91. The Morgan fingerprint density at radius 1 is 1.25 bits per heavy atom. The van der Waals surface area contributed by atoms with Crippen LogP contribution in [-0.4, -0.2) is 30.9 Å². The van der Waals surface area contributed by atoms with Crippen LogP contribution < -0.4 is 5.32 Å². The van der Waals surface area contributed by atoms with E-state index in [1.807, 2.05) is 36.7 Å². The number of hydrogen-bond donors (Lipinski definition) is 1. The zero-order valence-electron chi connectivity index (χ0n) is 15.5. The molecule has 0 saturated heterocycles. The molecule has 142 valence electrons. The first-order valence-corrected chi connectivity index (χ1v) is 9.88. The van der Waals surface area contributed by atoms with Crippen LogP contribution in [-0.2, 0) is 0 Å². The first kappa shape index (κ1) is 18.5. The number of aromatic nitrogens is 5. The highest BCUT2D eigenvalue weighted by Gasteiger charge is 2.17. The molecule has 0 aliphatic carbocycles. The maximum atomic E-state index is 12.8. The summed E-state index contributed by atoms with van der Waals surface area (Å²) in [6, 6.07) is 9.37. The first-order chi connectivity index (χ1) is 13.4. The Balaban J connectivity index is 1.61. The van der Waals surface area contributed by atoms with E-state index in [-0.39, 0.29) is 11.9 Å². The molecular formula is C19H17ClN6OS. The van der Waals surface area contributed by atoms with Crippen LogP contribution in [0.5, 0.6) is 0 Å². The van der Waals surface area contributed by atoms with Gasteiger partial charge in [-0.2, -0.15) is 5.10 Å². The van der Waals surface area contributed by atoms with Crippen molar-refractivity contribution in [3.63, 3.8) is 0 Å². The third-order valence-electron chi connectivity index (χ3n) is 4.24. The Morgan fingerprint density at radius 2 is 2.04 bits per heavy atom. The minimum Gasteiger partial charge on any atom is -0.296 e. The summed E-state index contributed by atoms with van der Waals surface area (Å²) in [5.74, 6) is -0.286. The molecule has 0 atom stereocenters. The van der Waals surface area contributed by atoms with Crippen molar-refractivity contribution < 1.29 is 4.79 Å². The molecule has 0 fully saturated rings. The molecule has 3 aromatic heterocycles. The molecule has 0 saturated carbocycles. The third kappa shape index (κ3) is 3.36. The standard InChI is InChI=1S/C19H17ClN6OS/c1-10(2)26-16-12(9-21-26)8-14(11(3)22-16)17(27)23-19-25-24-18(28-19)13-6-4-5-7-15(13)20/h4-10H,1-3H3,(H,23,25,27). The number of pyridine rings is 1. The summed E-state index contributed by atoms with van der Waals surface area (Å²) in [6.07, 6.45) is 1.72. The monoisotopic (exact) mass is 412 g/mol. The number of hydrogen-bond acceptors (Lipinski definition) is 6. The van der Waals surface area contributed by atoms with Crippen LogP contribution in [0.4, 0.5) is 5.13 Å². The summed E-state index contributed by atoms with van der Waals surface area (Å²) < 4.78 is 1.84. The normalized spacial score (nSPS) is 11.3. The molecule has 3 heterocycles. The van der Waals surface area contributed by atoms with Gasteiger partial charge in [0.25, 0.3) is 5.91 Å². The molecular weight excluding hydrogens is 396 g/mol. The van der Waals surface area contributed by atoms with Crippen LogP contribution in [0.1, 0.15) is 35.9 Å². The Morgan fingerprint density at radius 3 is 2.79 bits per heavy atom. The molecule has 0 aliphatic heterocycles. The van der Waals surface area contributed by atoms with Crippen LogP contribution in [0, 0.1) is 6.92 Å². The number of nitrogens with zero attached hydrogens (tertiary/aromatic N) is 5. The molecule has 0 unspecified atom stereocenters. The van der Waals surface area contributed by atoms with Gasteiger partial charge < -0.3 is 0 Å². The van der Waals surface area contributed by atoms with E-state index in [4.69, 9.17) is 11.6 Å². The second-order valence-electron chi connectivity index (χ2n) is 6.56. The Bertz CT molecular complexity index is 1180. The van der Waals surface area contributed by atoms with Crippen LogP contribution in [0.25, 0.3) is 21.6 Å². The lowest BCUT2D eigenvalue weighted by Gasteiger charge is -2.08. The van der Waals surface area contributed by atoms with Gasteiger partial charge in [-0.05, 0) is 32.9 Å². The number of aryl methyl sites for hydroxylation is 1. The maximum Gasteiger partial charge on any atom is 0.259 e. The van der Waals surface area contributed by atoms with Crippen molar-refractivity contribution in [1.29, 1.82) is 0 Å². The molecule has 4 rings (SSSR count). The lowest BCUT2D eigenvalue weighted by Crippen LogP contribution is -2.14. The van der Waals surface area contributed by atoms with Crippen molar-refractivity contribution in [3.8, 4) is 10.6 Å². The van der Waals surface area contributed by atoms with Gasteiger partial charge in [-0.15, -0.1) is 10.2 Å². The van der Waals surface area contributed by atoms with Gasteiger partial charge >= 0.3 is 0 Å². The highest BCUT2D eigenvalue weighted by molar-refractivity contribution is 7.18. The number of fused-ring (bicyclic) bond motifs is 1. The van der Waals surface area contributed by atoms with Crippen LogP contribution in [0.15, 0.2) is 36.5 Å². The van der Waals surface area contributed by atoms with Gasteiger partial charge in [0.2, 0.25) is 5.13 Å². The van der Waals surface area contributed by atoms with Crippen molar-refractivity contribution in [2.45, 2.75) is 26.8 Å². The Labute approximate surface area is 170 Å². The number of nitrogens with one attached hydrogen (secondary N) is 1. The molecule has 0 bridgehead atoms. The fraction of sp³-hybridized carbons (Fsp3) is 0.211. The van der Waals surface area contributed by atoms with E-state index in [9.17, 15) is 4.79 Å². The number of benzene rings is 1. The molecule has 28 heavy (non-hydrogen) atoms. The minimum atomic E-state index is -0.286. The van der Waals surface area contributed by atoms with Gasteiger partial charge in [0.1, 0.15) is 0 Å². The summed E-state index contributed by atoms with van der Waals surface area (Å²) in [6.45, 7) is 5.88. The molecule has 1 N–H and O–H groups in total. The lowest BCUT2D eigenvalue weighted by molar-refractivity contribution is 0.102. The second-order valence-corrected chi connectivity index (χ2v) is 7.95. The van der Waals surface area contributed by atoms with Gasteiger partial charge in [0.15, 0.2) is 10.7 Å². The van der Waals surface area contributed by atoms with E-state index in [1.165, 1.54) is 11.3 Å². The summed E-state index contributed by atoms with van der Waals surface area (Å²) in [7, 11) is 0. The van der Waals surface area contributed by atoms with E-state index in [2.05, 4.69) is 25.6 Å². The number of anilines is 1. The maximum absolute atomic E-state index is 12.8. The van der Waals surface area contributed by atoms with Crippen molar-refractivity contribution in [3.05, 3.63) is 52.8 Å². The van der Waals surface area contributed by atoms with Gasteiger partial charge in [-0.3, -0.25) is 10.1 Å². The van der Waals surface area contributed by atoms with E-state index in [1.54, 1.807) is 25.3 Å². The van der Waals surface area contributed by atoms with Crippen LogP contribution >= 0.6 is 22.9 Å². The highest BCUT2D eigenvalue weighted by atomic mass is 35.5. The van der Waals surface area contributed by atoms with Gasteiger partial charge in [-0.25, -0.2) is 9.67 Å². The molecule has 0 radical (unpaired) electrons. The quantitative estimate of drug-likeness (QED) is 0.523. The van der Waals surface area contributed by atoms with Crippen molar-refractivity contribution in [2.75, 3.05) is 5.32 Å². The smallest absolute Gasteiger partial charge is 0.259 e. The summed E-state index contributed by atoms with van der Waals surface area (Å²) in [4.78, 5) is 17.3. The summed E-state index contributed by atoms with van der Waals surface area (Å²) in [5.41, 5.74) is 2.65. The second kappa shape index (κ2) is 7.29. The average Bonchev–Trinajstić information content (AvgIpc) is 3.28. The molecule has 9 heteroatoms. The van der Waals surface area contributed by atoms with Crippen molar-refractivity contribution in [1.82, 2.24) is 25.0 Å². The molecule has 7 nitrogen and oxygen atoms in total. The Kier molecular flexibility index (Phi) is 4.82. The molecule has 0 spiro atoms. The minimum absolute atomic E-state index is 0.189. The third-order valence-corrected chi connectivity index (χ3v) is 5.44. The average molecular weight is 413 g/mol. The highest BCUT2D eigenvalue weighted by Crippen LogP contribution is 2.32. The number of halogens is 1. The van der Waals surface area contributed by atoms with Crippen molar-refractivity contribution in [2.24, 2.45) is 0 Å². The topological polar surface area (TPSA) is 85.6 Å². The van der Waals surface area contributed by atoms with Crippen LogP contribution in [0.3, 0.4) is 0 Å². The van der Waals surface area contributed by atoms with Gasteiger partial charge in [-0.1, -0.05) is 41.1 Å². The predicted molar refractivity (Wildman–Crippen MR) is 111 cm³/mol. The zero-order valence-corrected chi connectivity index (χ0v) is 17.0. The Hall–Kier alpha value is -2.84. The molecule has 4 aromatic rings. The number of amides is 1. The number of carbonyl (C=O) groups is 1. The largest absolute Gasteiger partial charge is 0.296 e. The fourth-order valence-electron chi connectivity index (χ4n) is 2.86. The first-order valence-electron chi connectivity index (χ1n) is 8.68. The number of rotatable bonds is 4. The molecule has 1 aromatic carbocycles. The lowest BCUT2D eigenvalue weighted by atomic mass is 10.1. The van der Waals surface area contributed by atoms with Crippen LogP contribution in [0.2, 0.25) is 5.02 Å². The molecule has 0 aliphatic rings. The van der Waals surface area contributed by atoms with Gasteiger partial charge in [0.05, 0.1) is 22.5 Å². The summed E-state index contributed by atoms with van der Waals surface area (Å²) in [5, 5.41) is 17.8. The molecule has 1 amide bonds.